The second-order valence-corrected chi connectivity index (χ2v) is 8.35. The molecule has 1 saturated heterocycles. The third-order valence-corrected chi connectivity index (χ3v) is 6.31. The first-order chi connectivity index (χ1) is 11.9. The molecule has 1 aliphatic carbocycles. The molecule has 1 atom stereocenters. The molecule has 1 aromatic rings. The summed E-state index contributed by atoms with van der Waals surface area (Å²) < 4.78 is 39.8. The number of amides is 2. The van der Waals surface area contributed by atoms with E-state index in [1.807, 2.05) is 0 Å². The van der Waals surface area contributed by atoms with Crippen LogP contribution in [-0.4, -0.2) is 37.6 Å². The summed E-state index contributed by atoms with van der Waals surface area (Å²) in [6.45, 7) is 0.279. The number of sulfonamides is 1. The van der Waals surface area contributed by atoms with Crippen LogP contribution in [0.15, 0.2) is 29.2 Å². The summed E-state index contributed by atoms with van der Waals surface area (Å²) in [5, 5.41) is 0. The fourth-order valence-corrected chi connectivity index (χ4v) is 4.38. The first kappa shape index (κ1) is 17.8. The van der Waals surface area contributed by atoms with Crippen LogP contribution >= 0.6 is 0 Å². The monoisotopic (exact) mass is 369 g/mol. The topological polar surface area (TPSA) is 95.6 Å². The van der Waals surface area contributed by atoms with Crippen molar-refractivity contribution in [2.75, 3.05) is 13.1 Å². The summed E-state index contributed by atoms with van der Waals surface area (Å²) >= 11 is 0. The Morgan fingerprint density at radius 1 is 1.08 bits per heavy atom. The zero-order valence-electron chi connectivity index (χ0n) is 13.6. The number of rotatable bonds is 4. The van der Waals surface area contributed by atoms with E-state index in [9.17, 15) is 22.4 Å². The zero-order chi connectivity index (χ0) is 18.0. The van der Waals surface area contributed by atoms with Gasteiger partial charge < -0.3 is 0 Å². The quantitative estimate of drug-likeness (QED) is 0.767. The van der Waals surface area contributed by atoms with Gasteiger partial charge in [0.05, 0.1) is 10.8 Å². The summed E-state index contributed by atoms with van der Waals surface area (Å²) in [5.41, 5.74) is 4.75. The van der Waals surface area contributed by atoms with E-state index in [-0.39, 0.29) is 29.8 Å². The van der Waals surface area contributed by atoms with Gasteiger partial charge in [0.25, 0.3) is 0 Å². The lowest BCUT2D eigenvalue weighted by molar-refractivity contribution is -0.132. The molecule has 1 heterocycles. The minimum Gasteiger partial charge on any atom is -0.273 e. The van der Waals surface area contributed by atoms with Gasteiger partial charge in [-0.2, -0.15) is 4.31 Å². The Kier molecular flexibility index (Phi) is 5.05. The Bertz CT molecular complexity index is 779. The van der Waals surface area contributed by atoms with Crippen LogP contribution in [0.2, 0.25) is 0 Å². The van der Waals surface area contributed by atoms with Crippen LogP contribution in [0.5, 0.6) is 0 Å². The molecule has 0 radical (unpaired) electrons. The van der Waals surface area contributed by atoms with Crippen LogP contribution < -0.4 is 10.9 Å². The Morgan fingerprint density at radius 3 is 2.40 bits per heavy atom. The fourth-order valence-electron chi connectivity index (χ4n) is 2.82. The molecule has 1 aliphatic heterocycles. The van der Waals surface area contributed by atoms with Crippen molar-refractivity contribution >= 4 is 21.8 Å². The lowest BCUT2D eigenvalue weighted by atomic mass is 9.99. The molecular weight excluding hydrogens is 349 g/mol. The molecule has 3 rings (SSSR count). The molecule has 0 unspecified atom stereocenters. The summed E-state index contributed by atoms with van der Waals surface area (Å²) in [7, 11) is -3.86. The Hall–Kier alpha value is -2.00. The maximum absolute atomic E-state index is 13.3. The molecule has 7 nitrogen and oxygen atoms in total. The van der Waals surface area contributed by atoms with Gasteiger partial charge in [-0.15, -0.1) is 0 Å². The van der Waals surface area contributed by atoms with E-state index in [1.165, 1.54) is 22.5 Å². The van der Waals surface area contributed by atoms with E-state index in [0.717, 1.165) is 18.9 Å². The van der Waals surface area contributed by atoms with Gasteiger partial charge in [-0.1, -0.05) is 6.07 Å². The minimum absolute atomic E-state index is 0.00395. The highest BCUT2D eigenvalue weighted by Crippen LogP contribution is 2.28. The molecule has 136 valence electrons. The lowest BCUT2D eigenvalue weighted by Crippen LogP contribution is -2.50. The number of nitrogens with one attached hydrogen (secondary N) is 2. The predicted molar refractivity (Wildman–Crippen MR) is 86.9 cm³/mol. The van der Waals surface area contributed by atoms with Crippen LogP contribution in [0.25, 0.3) is 0 Å². The number of nitrogens with zero attached hydrogens (tertiary/aromatic N) is 1. The molecule has 25 heavy (non-hydrogen) atoms. The third kappa shape index (κ3) is 4.16. The van der Waals surface area contributed by atoms with Crippen molar-refractivity contribution in [2.45, 2.75) is 30.6 Å². The average Bonchev–Trinajstić information content (AvgIpc) is 3.44. The minimum atomic E-state index is -3.86. The standard InChI is InChI=1S/C16H20FN3O4S/c17-13-4-1-5-14(9-13)25(23,24)20-8-2-3-12(10-20)16(22)19-18-15(21)11-6-7-11/h1,4-5,9,11-12H,2-3,6-8,10H2,(H,18,21)(H,19,22)/t12-/m0/s1. The maximum Gasteiger partial charge on any atom is 0.243 e. The van der Waals surface area contributed by atoms with Gasteiger partial charge in [0.15, 0.2) is 0 Å². The van der Waals surface area contributed by atoms with Crippen LogP contribution in [0.1, 0.15) is 25.7 Å². The normalized spacial score (nSPS) is 21.6. The van der Waals surface area contributed by atoms with Gasteiger partial charge in [0, 0.05) is 19.0 Å². The van der Waals surface area contributed by atoms with Crippen LogP contribution in [0, 0.1) is 17.7 Å². The molecule has 2 fully saturated rings. The second-order valence-electron chi connectivity index (χ2n) is 6.41. The molecular formula is C16H20FN3O4S. The first-order valence-electron chi connectivity index (χ1n) is 8.23. The third-order valence-electron chi connectivity index (χ3n) is 4.45. The van der Waals surface area contributed by atoms with Crippen molar-refractivity contribution in [1.82, 2.24) is 15.2 Å². The zero-order valence-corrected chi connectivity index (χ0v) is 14.4. The summed E-state index contributed by atoms with van der Waals surface area (Å²) in [6.07, 6.45) is 2.69. The molecule has 0 spiro atoms. The average molecular weight is 369 g/mol. The van der Waals surface area contributed by atoms with E-state index in [1.54, 1.807) is 0 Å². The van der Waals surface area contributed by atoms with Crippen molar-refractivity contribution in [3.8, 4) is 0 Å². The summed E-state index contributed by atoms with van der Waals surface area (Å²) in [5.74, 6) is -1.84. The number of carbonyl (C=O) groups excluding carboxylic acids is 2. The van der Waals surface area contributed by atoms with E-state index < -0.39 is 27.7 Å². The number of piperidine rings is 1. The van der Waals surface area contributed by atoms with Crippen LogP contribution in [0.3, 0.4) is 0 Å². The van der Waals surface area contributed by atoms with E-state index in [2.05, 4.69) is 10.9 Å². The van der Waals surface area contributed by atoms with E-state index in [4.69, 9.17) is 0 Å². The number of benzene rings is 1. The highest BCUT2D eigenvalue weighted by Gasteiger charge is 2.34. The molecule has 9 heteroatoms. The predicted octanol–water partition coefficient (Wildman–Crippen LogP) is 0.784. The number of halogens is 1. The van der Waals surface area contributed by atoms with Crippen molar-refractivity contribution in [3.05, 3.63) is 30.1 Å². The molecule has 1 aromatic carbocycles. The van der Waals surface area contributed by atoms with Gasteiger partial charge in [-0.3, -0.25) is 20.4 Å². The number of hydrogen-bond donors (Lipinski definition) is 2. The molecule has 2 N–H and O–H groups in total. The van der Waals surface area contributed by atoms with E-state index >= 15 is 0 Å². The summed E-state index contributed by atoms with van der Waals surface area (Å²) in [4.78, 5) is 23.6. The largest absolute Gasteiger partial charge is 0.273 e. The van der Waals surface area contributed by atoms with Crippen molar-refractivity contribution in [1.29, 1.82) is 0 Å². The number of carbonyl (C=O) groups is 2. The molecule has 0 aromatic heterocycles. The van der Waals surface area contributed by atoms with Crippen LogP contribution in [-0.2, 0) is 19.6 Å². The van der Waals surface area contributed by atoms with Crippen molar-refractivity contribution < 1.29 is 22.4 Å². The summed E-state index contributed by atoms with van der Waals surface area (Å²) in [6, 6.07) is 4.81. The van der Waals surface area contributed by atoms with Gasteiger partial charge in [0.1, 0.15) is 5.82 Å². The molecule has 2 aliphatic rings. The van der Waals surface area contributed by atoms with Gasteiger partial charge in [-0.05, 0) is 43.9 Å². The Labute approximate surface area is 145 Å². The van der Waals surface area contributed by atoms with Crippen molar-refractivity contribution in [3.63, 3.8) is 0 Å². The van der Waals surface area contributed by atoms with Gasteiger partial charge >= 0.3 is 0 Å². The second kappa shape index (κ2) is 7.09. The highest BCUT2D eigenvalue weighted by molar-refractivity contribution is 7.89. The molecule has 0 bridgehead atoms. The first-order valence-corrected chi connectivity index (χ1v) is 9.67. The fraction of sp³-hybridized carbons (Fsp3) is 0.500. The molecule has 2 amide bonds. The van der Waals surface area contributed by atoms with E-state index in [0.29, 0.717) is 12.8 Å². The Morgan fingerprint density at radius 2 is 1.76 bits per heavy atom. The SMILES string of the molecule is O=C(NNC(=O)[C@H]1CCCN(S(=O)(=O)c2cccc(F)c2)C1)C1CC1. The smallest absolute Gasteiger partial charge is 0.243 e. The van der Waals surface area contributed by atoms with Gasteiger partial charge in [-0.25, -0.2) is 12.8 Å². The van der Waals surface area contributed by atoms with Crippen LogP contribution in [0.4, 0.5) is 4.39 Å². The Balaban J connectivity index is 1.63. The lowest BCUT2D eigenvalue weighted by Gasteiger charge is -2.31. The number of hydrazine groups is 1. The maximum atomic E-state index is 13.3. The number of hydrogen-bond acceptors (Lipinski definition) is 4. The van der Waals surface area contributed by atoms with Crippen molar-refractivity contribution in [2.24, 2.45) is 11.8 Å². The highest BCUT2D eigenvalue weighted by atomic mass is 32.2. The molecule has 1 saturated carbocycles. The van der Waals surface area contributed by atoms with Gasteiger partial charge in [0.2, 0.25) is 21.8 Å².